The molecule has 20 heavy (non-hydrogen) atoms. The van der Waals surface area contributed by atoms with Gasteiger partial charge in [-0.25, -0.2) is 0 Å². The minimum absolute atomic E-state index is 0.0694. The molecule has 122 valence electrons. The van der Waals surface area contributed by atoms with Crippen molar-refractivity contribution in [1.29, 1.82) is 0 Å². The molecule has 0 aromatic carbocycles. The van der Waals surface area contributed by atoms with E-state index in [9.17, 15) is 0 Å². The Kier molecular flexibility index (Phi) is 16.8. The molecule has 0 spiro atoms. The summed E-state index contributed by atoms with van der Waals surface area (Å²) in [6, 6.07) is 0. The first-order valence-corrected chi connectivity index (χ1v) is 8.15. The minimum Gasteiger partial charge on any atom is -0.394 e. The molecule has 0 radical (unpaired) electrons. The molecule has 1 atom stereocenters. The van der Waals surface area contributed by atoms with Gasteiger partial charge in [0, 0.05) is 6.61 Å². The summed E-state index contributed by atoms with van der Waals surface area (Å²) in [5.74, 6) is 0.824. The molecule has 0 saturated carbocycles. The number of aliphatic hydroxyl groups excluding tert-OH is 1. The molecule has 0 aliphatic heterocycles. The largest absolute Gasteiger partial charge is 0.394 e. The van der Waals surface area contributed by atoms with Crippen molar-refractivity contribution in [1.82, 2.24) is 0 Å². The Hall–Kier alpha value is -0.160. The summed E-state index contributed by atoms with van der Waals surface area (Å²) in [4.78, 5) is 0. The average Bonchev–Trinajstić information content (AvgIpc) is 2.45. The summed E-state index contributed by atoms with van der Waals surface area (Å²) in [5.41, 5.74) is 0. The molecule has 0 aromatic heterocycles. The lowest BCUT2D eigenvalue weighted by Gasteiger charge is -2.11. The van der Waals surface area contributed by atoms with E-state index in [0.29, 0.717) is 33.0 Å². The Bertz CT molecular complexity index is 176. The number of ether oxygens (including phenoxy) is 3. The molecule has 0 aliphatic rings. The van der Waals surface area contributed by atoms with Gasteiger partial charge in [-0.15, -0.1) is 0 Å². The molecule has 0 amide bonds. The van der Waals surface area contributed by atoms with Gasteiger partial charge in [0.25, 0.3) is 0 Å². The van der Waals surface area contributed by atoms with Gasteiger partial charge < -0.3 is 19.3 Å². The van der Waals surface area contributed by atoms with E-state index >= 15 is 0 Å². The summed E-state index contributed by atoms with van der Waals surface area (Å²) >= 11 is 0. The third-order valence-electron chi connectivity index (χ3n) is 3.27. The lowest BCUT2D eigenvalue weighted by Crippen LogP contribution is -2.11. The molecule has 0 saturated heterocycles. The van der Waals surface area contributed by atoms with Crippen LogP contribution < -0.4 is 0 Å². The average molecular weight is 290 g/mol. The second-order valence-corrected chi connectivity index (χ2v) is 5.30. The third-order valence-corrected chi connectivity index (χ3v) is 3.27. The quantitative estimate of drug-likeness (QED) is 0.444. The highest BCUT2D eigenvalue weighted by atomic mass is 16.5. The predicted octanol–water partition coefficient (Wildman–Crippen LogP) is 3.03. The lowest BCUT2D eigenvalue weighted by atomic mass is 9.98. The van der Waals surface area contributed by atoms with Crippen molar-refractivity contribution in [3.8, 4) is 0 Å². The van der Waals surface area contributed by atoms with E-state index in [1.54, 1.807) is 0 Å². The van der Waals surface area contributed by atoms with Crippen LogP contribution in [0.1, 0.15) is 52.4 Å². The Morgan fingerprint density at radius 2 is 1.30 bits per heavy atom. The van der Waals surface area contributed by atoms with Gasteiger partial charge in [0.2, 0.25) is 0 Å². The Morgan fingerprint density at radius 3 is 1.90 bits per heavy atom. The molecular formula is C16H34O4. The molecule has 4 heteroatoms. The fourth-order valence-electron chi connectivity index (χ4n) is 2.03. The Morgan fingerprint density at radius 1 is 0.750 bits per heavy atom. The van der Waals surface area contributed by atoms with Crippen molar-refractivity contribution in [2.45, 2.75) is 52.4 Å². The van der Waals surface area contributed by atoms with Crippen LogP contribution in [0.5, 0.6) is 0 Å². The van der Waals surface area contributed by atoms with Crippen molar-refractivity contribution >= 4 is 0 Å². The molecule has 0 aliphatic carbocycles. The van der Waals surface area contributed by atoms with Gasteiger partial charge in [0.15, 0.2) is 0 Å². The van der Waals surface area contributed by atoms with E-state index in [0.717, 1.165) is 18.9 Å². The van der Waals surface area contributed by atoms with Crippen LogP contribution in [0.15, 0.2) is 0 Å². The fourth-order valence-corrected chi connectivity index (χ4v) is 2.03. The number of unbranched alkanes of at least 4 members (excludes halogenated alkanes) is 2. The van der Waals surface area contributed by atoms with Crippen molar-refractivity contribution in [3.63, 3.8) is 0 Å². The molecular weight excluding hydrogens is 256 g/mol. The normalized spacial score (nSPS) is 12.8. The zero-order valence-electron chi connectivity index (χ0n) is 13.4. The minimum atomic E-state index is 0.0694. The second-order valence-electron chi connectivity index (χ2n) is 5.30. The molecule has 0 rings (SSSR count). The monoisotopic (exact) mass is 290 g/mol. The van der Waals surface area contributed by atoms with Crippen LogP contribution in [0.25, 0.3) is 0 Å². The van der Waals surface area contributed by atoms with E-state index in [4.69, 9.17) is 19.3 Å². The highest BCUT2D eigenvalue weighted by Gasteiger charge is 2.01. The van der Waals surface area contributed by atoms with E-state index in [1.165, 1.54) is 32.1 Å². The maximum atomic E-state index is 8.50. The SMILES string of the molecule is CCCCCC(C)CCCOCCOCCOCCO. The zero-order chi connectivity index (χ0) is 14.9. The van der Waals surface area contributed by atoms with Crippen LogP contribution in [0.4, 0.5) is 0 Å². The standard InChI is InChI=1S/C16H34O4/c1-3-4-5-7-16(2)8-6-10-18-12-14-20-15-13-19-11-9-17/h16-17H,3-15H2,1-2H3. The van der Waals surface area contributed by atoms with Gasteiger partial charge >= 0.3 is 0 Å². The summed E-state index contributed by atoms with van der Waals surface area (Å²) in [6.45, 7) is 8.26. The smallest absolute Gasteiger partial charge is 0.0701 e. The molecule has 1 N–H and O–H groups in total. The maximum absolute atomic E-state index is 8.50. The van der Waals surface area contributed by atoms with Crippen LogP contribution in [-0.2, 0) is 14.2 Å². The van der Waals surface area contributed by atoms with Crippen LogP contribution in [-0.4, -0.2) is 51.4 Å². The molecule has 4 nitrogen and oxygen atoms in total. The van der Waals surface area contributed by atoms with Crippen LogP contribution in [0.2, 0.25) is 0 Å². The fraction of sp³-hybridized carbons (Fsp3) is 1.00. The third kappa shape index (κ3) is 15.9. The van der Waals surface area contributed by atoms with Crippen molar-refractivity contribution in [3.05, 3.63) is 0 Å². The Labute approximate surface area is 124 Å². The zero-order valence-corrected chi connectivity index (χ0v) is 13.4. The van der Waals surface area contributed by atoms with Gasteiger partial charge in [-0.1, -0.05) is 39.5 Å². The van der Waals surface area contributed by atoms with Crippen molar-refractivity contribution in [2.75, 3.05) is 46.2 Å². The lowest BCUT2D eigenvalue weighted by molar-refractivity contribution is 0.00690. The van der Waals surface area contributed by atoms with Gasteiger partial charge in [-0.3, -0.25) is 0 Å². The molecule has 0 heterocycles. The van der Waals surface area contributed by atoms with E-state index in [-0.39, 0.29) is 6.61 Å². The summed E-state index contributed by atoms with van der Waals surface area (Å²) in [6.07, 6.45) is 7.79. The second kappa shape index (κ2) is 16.9. The van der Waals surface area contributed by atoms with Gasteiger partial charge in [-0.2, -0.15) is 0 Å². The summed E-state index contributed by atoms with van der Waals surface area (Å²) < 4.78 is 16.0. The van der Waals surface area contributed by atoms with E-state index in [1.807, 2.05) is 0 Å². The van der Waals surface area contributed by atoms with E-state index < -0.39 is 0 Å². The number of rotatable bonds is 16. The number of aliphatic hydroxyl groups is 1. The molecule has 0 fully saturated rings. The summed E-state index contributed by atoms with van der Waals surface area (Å²) in [5, 5.41) is 8.50. The number of hydrogen-bond donors (Lipinski definition) is 1. The molecule has 1 unspecified atom stereocenters. The van der Waals surface area contributed by atoms with Crippen LogP contribution >= 0.6 is 0 Å². The molecule has 0 aromatic rings. The topological polar surface area (TPSA) is 47.9 Å². The first kappa shape index (κ1) is 19.8. The first-order chi connectivity index (χ1) is 9.81. The summed E-state index contributed by atoms with van der Waals surface area (Å²) in [7, 11) is 0. The van der Waals surface area contributed by atoms with Gasteiger partial charge in [-0.05, 0) is 18.8 Å². The highest BCUT2D eigenvalue weighted by molar-refractivity contribution is 4.53. The van der Waals surface area contributed by atoms with E-state index in [2.05, 4.69) is 13.8 Å². The molecule has 0 bridgehead atoms. The first-order valence-electron chi connectivity index (χ1n) is 8.15. The highest BCUT2D eigenvalue weighted by Crippen LogP contribution is 2.14. The van der Waals surface area contributed by atoms with Gasteiger partial charge in [0.1, 0.15) is 0 Å². The van der Waals surface area contributed by atoms with Crippen molar-refractivity contribution in [2.24, 2.45) is 5.92 Å². The maximum Gasteiger partial charge on any atom is 0.0701 e. The van der Waals surface area contributed by atoms with Crippen LogP contribution in [0.3, 0.4) is 0 Å². The Balaban J connectivity index is 3.05. The van der Waals surface area contributed by atoms with Crippen LogP contribution in [0, 0.1) is 5.92 Å². The van der Waals surface area contributed by atoms with Gasteiger partial charge in [0.05, 0.1) is 39.6 Å². The van der Waals surface area contributed by atoms with Crippen molar-refractivity contribution < 1.29 is 19.3 Å². The predicted molar refractivity (Wildman–Crippen MR) is 82.1 cm³/mol. The number of hydrogen-bond acceptors (Lipinski definition) is 4.